The number of nitrogens with one attached hydrogen (secondary N) is 2. The number of piperidine rings is 1. The van der Waals surface area contributed by atoms with Crippen molar-refractivity contribution in [1.29, 1.82) is 0 Å². The maximum Gasteiger partial charge on any atom is 0.317 e. The molecule has 25 heavy (non-hydrogen) atoms. The van der Waals surface area contributed by atoms with E-state index in [4.69, 9.17) is 4.74 Å². The smallest absolute Gasteiger partial charge is 0.317 e. The molecule has 134 valence electrons. The van der Waals surface area contributed by atoms with Crippen molar-refractivity contribution in [3.63, 3.8) is 0 Å². The van der Waals surface area contributed by atoms with Gasteiger partial charge in [-0.25, -0.2) is 9.18 Å². The van der Waals surface area contributed by atoms with Crippen LogP contribution in [-0.4, -0.2) is 41.3 Å². The summed E-state index contributed by atoms with van der Waals surface area (Å²) in [5.41, 5.74) is 1.48. The third-order valence-electron chi connectivity index (χ3n) is 4.75. The van der Waals surface area contributed by atoms with Crippen molar-refractivity contribution in [2.45, 2.75) is 31.7 Å². The zero-order chi connectivity index (χ0) is 17.8. The largest absolute Gasteiger partial charge is 0.496 e. The van der Waals surface area contributed by atoms with Crippen molar-refractivity contribution in [3.8, 4) is 5.75 Å². The van der Waals surface area contributed by atoms with Gasteiger partial charge in [-0.05, 0) is 38.0 Å². The average Bonchev–Trinajstić information content (AvgIpc) is 3.16. The molecule has 2 amide bonds. The molecule has 2 aromatic rings. The average molecular weight is 346 g/mol. The van der Waals surface area contributed by atoms with Crippen LogP contribution in [-0.2, 0) is 0 Å². The lowest BCUT2D eigenvalue weighted by molar-refractivity contribution is 0.177. The number of hydrogen-bond acceptors (Lipinski definition) is 3. The first-order valence-corrected chi connectivity index (χ1v) is 8.47. The van der Waals surface area contributed by atoms with Crippen molar-refractivity contribution in [2.75, 3.05) is 20.2 Å². The summed E-state index contributed by atoms with van der Waals surface area (Å²) in [5.74, 6) is 0.450. The number of carbonyl (C=O) groups excluding carboxylic acids is 1. The molecular formula is C18H23FN4O2. The SMILES string of the molecule is COc1cccc(F)c1[C@@H](C)NC(=O)N1CCC(c2ccn[nH]2)CC1. The number of carbonyl (C=O) groups is 1. The van der Waals surface area contributed by atoms with Crippen molar-refractivity contribution in [2.24, 2.45) is 0 Å². The first-order chi connectivity index (χ1) is 12.1. The van der Waals surface area contributed by atoms with E-state index in [9.17, 15) is 9.18 Å². The molecule has 1 aliphatic heterocycles. The van der Waals surface area contributed by atoms with Crippen molar-refractivity contribution < 1.29 is 13.9 Å². The molecule has 0 aliphatic carbocycles. The van der Waals surface area contributed by atoms with Crippen LogP contribution in [0.5, 0.6) is 5.75 Å². The van der Waals surface area contributed by atoms with E-state index < -0.39 is 6.04 Å². The van der Waals surface area contributed by atoms with E-state index in [2.05, 4.69) is 15.5 Å². The van der Waals surface area contributed by atoms with E-state index in [1.165, 1.54) is 13.2 Å². The van der Waals surface area contributed by atoms with Gasteiger partial charge in [0.05, 0.1) is 18.7 Å². The second kappa shape index (κ2) is 7.55. The lowest BCUT2D eigenvalue weighted by Crippen LogP contribution is -2.45. The van der Waals surface area contributed by atoms with Crippen LogP contribution in [0.2, 0.25) is 0 Å². The van der Waals surface area contributed by atoms with Gasteiger partial charge in [-0.3, -0.25) is 5.10 Å². The third-order valence-corrected chi connectivity index (χ3v) is 4.75. The molecule has 2 heterocycles. The van der Waals surface area contributed by atoms with Crippen LogP contribution in [0.4, 0.5) is 9.18 Å². The van der Waals surface area contributed by atoms with Crippen LogP contribution in [0.1, 0.15) is 43.0 Å². The minimum Gasteiger partial charge on any atom is -0.496 e. The fraction of sp³-hybridized carbons (Fsp3) is 0.444. The Kier molecular flexibility index (Phi) is 5.21. The quantitative estimate of drug-likeness (QED) is 0.893. The summed E-state index contributed by atoms with van der Waals surface area (Å²) in [6, 6.07) is 5.97. The minimum absolute atomic E-state index is 0.180. The van der Waals surface area contributed by atoms with Crippen molar-refractivity contribution in [1.82, 2.24) is 20.4 Å². The van der Waals surface area contributed by atoms with E-state index in [1.807, 2.05) is 6.07 Å². The molecule has 6 nitrogen and oxygen atoms in total. The molecule has 0 unspecified atom stereocenters. The number of aromatic nitrogens is 2. The highest BCUT2D eigenvalue weighted by Gasteiger charge is 2.26. The van der Waals surface area contributed by atoms with Gasteiger partial charge in [0.2, 0.25) is 0 Å². The molecule has 1 aromatic heterocycles. The van der Waals surface area contributed by atoms with Crippen molar-refractivity contribution >= 4 is 6.03 Å². The summed E-state index contributed by atoms with van der Waals surface area (Å²) in [6.07, 6.45) is 3.51. The minimum atomic E-state index is -0.478. The van der Waals surface area contributed by atoms with E-state index >= 15 is 0 Å². The molecule has 7 heteroatoms. The first kappa shape index (κ1) is 17.3. The van der Waals surface area contributed by atoms with Crippen LogP contribution in [0.3, 0.4) is 0 Å². The summed E-state index contributed by atoms with van der Waals surface area (Å²) in [4.78, 5) is 14.3. The van der Waals surface area contributed by atoms with Gasteiger partial charge in [0.1, 0.15) is 11.6 Å². The topological polar surface area (TPSA) is 70.2 Å². The van der Waals surface area contributed by atoms with Crippen LogP contribution < -0.4 is 10.1 Å². The molecule has 1 aliphatic rings. The van der Waals surface area contributed by atoms with Gasteiger partial charge in [-0.1, -0.05) is 6.07 Å². The molecule has 1 fully saturated rings. The number of amides is 2. The number of aromatic amines is 1. The van der Waals surface area contributed by atoms with E-state index in [1.54, 1.807) is 30.2 Å². The third kappa shape index (κ3) is 3.75. The molecule has 3 rings (SSSR count). The molecule has 0 saturated carbocycles. The first-order valence-electron chi connectivity index (χ1n) is 8.47. The fourth-order valence-corrected chi connectivity index (χ4v) is 3.35. The zero-order valence-electron chi connectivity index (χ0n) is 14.5. The van der Waals surface area contributed by atoms with Gasteiger partial charge in [-0.15, -0.1) is 0 Å². The maximum atomic E-state index is 14.1. The summed E-state index contributed by atoms with van der Waals surface area (Å²) in [7, 11) is 1.49. The van der Waals surface area contributed by atoms with Gasteiger partial charge >= 0.3 is 6.03 Å². The highest BCUT2D eigenvalue weighted by Crippen LogP contribution is 2.29. The maximum absolute atomic E-state index is 14.1. The Labute approximate surface area is 146 Å². The standard InChI is InChI=1S/C18H23FN4O2/c1-12(17-14(19)4-3-5-16(17)25-2)21-18(24)23-10-7-13(8-11-23)15-6-9-20-22-15/h3-6,9,12-13H,7-8,10-11H2,1-2H3,(H,20,22)(H,21,24)/t12-/m1/s1. The van der Waals surface area contributed by atoms with Gasteiger partial charge < -0.3 is 15.0 Å². The number of methoxy groups -OCH3 is 1. The molecule has 0 radical (unpaired) electrons. The second-order valence-corrected chi connectivity index (χ2v) is 6.30. The monoisotopic (exact) mass is 346 g/mol. The van der Waals surface area contributed by atoms with Crippen LogP contribution in [0.25, 0.3) is 0 Å². The summed E-state index contributed by atoms with van der Waals surface area (Å²) in [6.45, 7) is 3.09. The normalized spacial score (nSPS) is 16.5. The number of ether oxygens (including phenoxy) is 1. The van der Waals surface area contributed by atoms with Gasteiger partial charge in [0, 0.05) is 30.9 Å². The zero-order valence-corrected chi connectivity index (χ0v) is 14.5. The number of likely N-dealkylation sites (tertiary alicyclic amines) is 1. The van der Waals surface area contributed by atoms with E-state index in [0.717, 1.165) is 18.5 Å². The predicted octanol–water partition coefficient (Wildman–Crippen LogP) is 3.21. The summed E-state index contributed by atoms with van der Waals surface area (Å²) < 4.78 is 19.3. The van der Waals surface area contributed by atoms with Crippen LogP contribution >= 0.6 is 0 Å². The molecular weight excluding hydrogens is 323 g/mol. The molecule has 1 atom stereocenters. The van der Waals surface area contributed by atoms with Crippen LogP contribution in [0, 0.1) is 5.82 Å². The number of benzene rings is 1. The molecule has 2 N–H and O–H groups in total. The number of halogens is 1. The Morgan fingerprint density at radius 2 is 2.16 bits per heavy atom. The van der Waals surface area contributed by atoms with E-state index in [0.29, 0.717) is 30.3 Å². The lowest BCUT2D eigenvalue weighted by Gasteiger charge is -2.32. The Balaban J connectivity index is 1.60. The molecule has 0 bridgehead atoms. The predicted molar refractivity (Wildman–Crippen MR) is 92.0 cm³/mol. The van der Waals surface area contributed by atoms with Crippen molar-refractivity contribution in [3.05, 3.63) is 47.5 Å². The lowest BCUT2D eigenvalue weighted by atomic mass is 9.94. The van der Waals surface area contributed by atoms with E-state index in [-0.39, 0.29) is 11.8 Å². The molecule has 1 saturated heterocycles. The molecule has 1 aromatic carbocycles. The Hall–Kier alpha value is -2.57. The second-order valence-electron chi connectivity index (χ2n) is 6.30. The summed E-state index contributed by atoms with van der Waals surface area (Å²) in [5, 5.41) is 9.86. The Morgan fingerprint density at radius 3 is 2.80 bits per heavy atom. The number of rotatable bonds is 4. The number of H-pyrrole nitrogens is 1. The van der Waals surface area contributed by atoms with Gasteiger partial charge in [0.15, 0.2) is 0 Å². The number of hydrogen-bond donors (Lipinski definition) is 2. The highest BCUT2D eigenvalue weighted by molar-refractivity contribution is 5.75. The fourth-order valence-electron chi connectivity index (χ4n) is 3.35. The molecule has 0 spiro atoms. The van der Waals surface area contributed by atoms with Gasteiger partial charge in [0.25, 0.3) is 0 Å². The van der Waals surface area contributed by atoms with Gasteiger partial charge in [-0.2, -0.15) is 5.10 Å². The van der Waals surface area contributed by atoms with Crippen LogP contribution in [0.15, 0.2) is 30.5 Å². The highest BCUT2D eigenvalue weighted by atomic mass is 19.1. The number of urea groups is 1. The Bertz CT molecular complexity index is 712. The Morgan fingerprint density at radius 1 is 1.40 bits per heavy atom. The summed E-state index contributed by atoms with van der Waals surface area (Å²) >= 11 is 0. The number of nitrogens with zero attached hydrogens (tertiary/aromatic N) is 2.